The molecule has 5 nitrogen and oxygen atoms in total. The molecule has 2 unspecified atom stereocenters. The van der Waals surface area contributed by atoms with E-state index in [4.69, 9.17) is 9.84 Å². The van der Waals surface area contributed by atoms with Crippen molar-refractivity contribution in [2.45, 2.75) is 25.8 Å². The molecule has 2 atom stereocenters. The van der Waals surface area contributed by atoms with Crippen molar-refractivity contribution >= 4 is 11.9 Å². The topological polar surface area (TPSA) is 75.6 Å². The van der Waals surface area contributed by atoms with Crippen molar-refractivity contribution in [3.05, 3.63) is 0 Å². The van der Waals surface area contributed by atoms with Gasteiger partial charge in [0.25, 0.3) is 0 Å². The molecule has 5 heteroatoms. The highest BCUT2D eigenvalue weighted by molar-refractivity contribution is 5.85. The Bertz CT molecular complexity index is 250. The first-order chi connectivity index (χ1) is 7.06. The molecule has 0 aromatic rings. The minimum atomic E-state index is -0.949. The first-order valence-electron chi connectivity index (χ1n) is 5.08. The van der Waals surface area contributed by atoms with Gasteiger partial charge in [-0.25, -0.2) is 4.79 Å². The van der Waals surface area contributed by atoms with Crippen LogP contribution in [0.15, 0.2) is 0 Å². The van der Waals surface area contributed by atoms with Gasteiger partial charge in [0.2, 0.25) is 5.91 Å². The molecule has 15 heavy (non-hydrogen) atoms. The molecule has 1 fully saturated rings. The van der Waals surface area contributed by atoms with Crippen LogP contribution >= 0.6 is 0 Å². The molecule has 0 spiro atoms. The highest BCUT2D eigenvalue weighted by Gasteiger charge is 2.37. The number of rotatable bonds is 6. The SMILES string of the molecule is COCC(C)C(=O)NC(C(=O)O)C1CC1. The zero-order chi connectivity index (χ0) is 11.4. The number of carbonyl (C=O) groups excluding carboxylic acids is 1. The maximum absolute atomic E-state index is 11.5. The van der Waals surface area contributed by atoms with Crippen LogP contribution in [-0.2, 0) is 14.3 Å². The third-order valence-electron chi connectivity index (χ3n) is 2.52. The quantitative estimate of drug-likeness (QED) is 0.666. The number of hydrogen-bond donors (Lipinski definition) is 2. The van der Waals surface area contributed by atoms with Crippen molar-refractivity contribution < 1.29 is 19.4 Å². The van der Waals surface area contributed by atoms with Gasteiger partial charge >= 0.3 is 5.97 Å². The second kappa shape index (κ2) is 5.11. The summed E-state index contributed by atoms with van der Waals surface area (Å²) in [4.78, 5) is 22.4. The first-order valence-corrected chi connectivity index (χ1v) is 5.08. The van der Waals surface area contributed by atoms with Gasteiger partial charge in [0.05, 0.1) is 12.5 Å². The fraction of sp³-hybridized carbons (Fsp3) is 0.800. The van der Waals surface area contributed by atoms with E-state index in [1.54, 1.807) is 6.92 Å². The van der Waals surface area contributed by atoms with Crippen LogP contribution in [0.3, 0.4) is 0 Å². The van der Waals surface area contributed by atoms with Crippen LogP contribution in [0.5, 0.6) is 0 Å². The normalized spacial score (nSPS) is 19.3. The van der Waals surface area contributed by atoms with Gasteiger partial charge in [-0.05, 0) is 18.8 Å². The Kier molecular flexibility index (Phi) is 4.08. The standard InChI is InChI=1S/C10H17NO4/c1-6(5-15-2)9(12)11-8(10(13)14)7-3-4-7/h6-8H,3-5H2,1-2H3,(H,11,12)(H,13,14). The Morgan fingerprint density at radius 1 is 1.53 bits per heavy atom. The van der Waals surface area contributed by atoms with E-state index in [0.717, 1.165) is 12.8 Å². The summed E-state index contributed by atoms with van der Waals surface area (Å²) in [6.07, 6.45) is 1.77. The van der Waals surface area contributed by atoms with Crippen LogP contribution in [0, 0.1) is 11.8 Å². The van der Waals surface area contributed by atoms with Gasteiger partial charge in [-0.15, -0.1) is 0 Å². The highest BCUT2D eigenvalue weighted by atomic mass is 16.5. The predicted octanol–water partition coefficient (Wildman–Crippen LogP) is 0.248. The van der Waals surface area contributed by atoms with Crippen molar-refractivity contribution in [2.24, 2.45) is 11.8 Å². The summed E-state index contributed by atoms with van der Waals surface area (Å²) in [5.41, 5.74) is 0. The maximum Gasteiger partial charge on any atom is 0.326 e. The Morgan fingerprint density at radius 2 is 2.13 bits per heavy atom. The van der Waals surface area contributed by atoms with Gasteiger partial charge in [0.1, 0.15) is 6.04 Å². The van der Waals surface area contributed by atoms with E-state index in [0.29, 0.717) is 6.61 Å². The number of nitrogens with one attached hydrogen (secondary N) is 1. The predicted molar refractivity (Wildman–Crippen MR) is 53.3 cm³/mol. The van der Waals surface area contributed by atoms with E-state index in [1.165, 1.54) is 7.11 Å². The molecule has 1 aliphatic carbocycles. The van der Waals surface area contributed by atoms with Crippen LogP contribution in [-0.4, -0.2) is 36.7 Å². The van der Waals surface area contributed by atoms with Gasteiger partial charge in [-0.2, -0.15) is 0 Å². The summed E-state index contributed by atoms with van der Waals surface area (Å²) < 4.78 is 4.83. The summed E-state index contributed by atoms with van der Waals surface area (Å²) in [5, 5.41) is 11.4. The fourth-order valence-corrected chi connectivity index (χ4v) is 1.43. The summed E-state index contributed by atoms with van der Waals surface area (Å²) in [6, 6.07) is -0.725. The molecular formula is C10H17NO4. The van der Waals surface area contributed by atoms with E-state index >= 15 is 0 Å². The van der Waals surface area contributed by atoms with Gasteiger partial charge in [0, 0.05) is 7.11 Å². The molecular weight excluding hydrogens is 198 g/mol. The van der Waals surface area contributed by atoms with Crippen LogP contribution in [0.2, 0.25) is 0 Å². The molecule has 86 valence electrons. The minimum Gasteiger partial charge on any atom is -0.480 e. The Hall–Kier alpha value is -1.10. The van der Waals surface area contributed by atoms with Crippen LogP contribution in [0.4, 0.5) is 0 Å². The lowest BCUT2D eigenvalue weighted by molar-refractivity contribution is -0.143. The summed E-state index contributed by atoms with van der Waals surface area (Å²) in [7, 11) is 1.51. The smallest absolute Gasteiger partial charge is 0.326 e. The van der Waals surface area contributed by atoms with Crippen molar-refractivity contribution in [3.8, 4) is 0 Å². The van der Waals surface area contributed by atoms with Crippen LogP contribution in [0.1, 0.15) is 19.8 Å². The average molecular weight is 215 g/mol. The highest BCUT2D eigenvalue weighted by Crippen LogP contribution is 2.32. The molecule has 0 aromatic carbocycles. The number of methoxy groups -OCH3 is 1. The Labute approximate surface area is 88.8 Å². The van der Waals surface area contributed by atoms with Gasteiger partial charge in [-0.1, -0.05) is 6.92 Å². The van der Waals surface area contributed by atoms with Crippen molar-refractivity contribution in [1.29, 1.82) is 0 Å². The fourth-order valence-electron chi connectivity index (χ4n) is 1.43. The van der Waals surface area contributed by atoms with Gasteiger partial charge in [0.15, 0.2) is 0 Å². The summed E-state index contributed by atoms with van der Waals surface area (Å²) in [5.74, 6) is -1.40. The van der Waals surface area contributed by atoms with Crippen molar-refractivity contribution in [1.82, 2.24) is 5.32 Å². The zero-order valence-corrected chi connectivity index (χ0v) is 9.03. The second-order valence-electron chi connectivity index (χ2n) is 4.02. The number of aliphatic carboxylic acids is 1. The molecule has 0 heterocycles. The minimum absolute atomic E-state index is 0.112. The molecule has 2 N–H and O–H groups in total. The number of hydrogen-bond acceptors (Lipinski definition) is 3. The molecule has 1 saturated carbocycles. The number of carboxylic acids is 1. The monoisotopic (exact) mass is 215 g/mol. The third kappa shape index (κ3) is 3.51. The van der Waals surface area contributed by atoms with E-state index < -0.39 is 12.0 Å². The van der Waals surface area contributed by atoms with Crippen LogP contribution < -0.4 is 5.32 Å². The maximum atomic E-state index is 11.5. The summed E-state index contributed by atoms with van der Waals surface area (Å²) >= 11 is 0. The lowest BCUT2D eigenvalue weighted by Crippen LogP contribution is -2.45. The van der Waals surface area contributed by atoms with Crippen molar-refractivity contribution in [3.63, 3.8) is 0 Å². The third-order valence-corrected chi connectivity index (χ3v) is 2.52. The van der Waals surface area contributed by atoms with E-state index in [1.807, 2.05) is 0 Å². The lowest BCUT2D eigenvalue weighted by atomic mass is 10.1. The van der Waals surface area contributed by atoms with Crippen LogP contribution in [0.25, 0.3) is 0 Å². The number of ether oxygens (including phenoxy) is 1. The zero-order valence-electron chi connectivity index (χ0n) is 9.03. The molecule has 1 rings (SSSR count). The number of carboxylic acid groups (broad SMARTS) is 1. The lowest BCUT2D eigenvalue weighted by Gasteiger charge is -2.16. The molecule has 0 bridgehead atoms. The molecule has 0 radical (unpaired) electrons. The van der Waals surface area contributed by atoms with E-state index in [9.17, 15) is 9.59 Å². The summed E-state index contributed by atoms with van der Waals surface area (Å²) in [6.45, 7) is 2.02. The Morgan fingerprint density at radius 3 is 2.53 bits per heavy atom. The van der Waals surface area contributed by atoms with E-state index in [2.05, 4.69) is 5.32 Å². The first kappa shape index (κ1) is 12.0. The second-order valence-corrected chi connectivity index (χ2v) is 4.02. The van der Waals surface area contributed by atoms with Crippen molar-refractivity contribution in [2.75, 3.05) is 13.7 Å². The number of carbonyl (C=O) groups is 2. The molecule has 0 aromatic heterocycles. The van der Waals surface area contributed by atoms with Gasteiger partial charge in [-0.3, -0.25) is 4.79 Å². The van der Waals surface area contributed by atoms with E-state index in [-0.39, 0.29) is 17.7 Å². The molecule has 1 amide bonds. The number of amides is 1. The largest absolute Gasteiger partial charge is 0.480 e. The molecule has 1 aliphatic rings. The molecule has 0 aliphatic heterocycles. The Balaban J connectivity index is 2.43. The van der Waals surface area contributed by atoms with Gasteiger partial charge < -0.3 is 15.2 Å². The molecule has 0 saturated heterocycles. The average Bonchev–Trinajstić information content (AvgIpc) is 2.97.